The van der Waals surface area contributed by atoms with Gasteiger partial charge in [0.05, 0.1) is 17.1 Å². The molecule has 2 aromatic carbocycles. The average Bonchev–Trinajstić information content (AvgIpc) is 2.75. The number of hydrogen-bond acceptors (Lipinski definition) is 2. The fourth-order valence-corrected chi connectivity index (χ4v) is 3.87. The van der Waals surface area contributed by atoms with E-state index < -0.39 is 0 Å². The molecule has 1 heterocycles. The van der Waals surface area contributed by atoms with Crippen molar-refractivity contribution in [3.05, 3.63) is 53.2 Å². The molecule has 0 fully saturated rings. The molecule has 22 heavy (non-hydrogen) atoms. The molecule has 2 nitrogen and oxygen atoms in total. The molecule has 2 heteroatoms. The molecular formula is C20H18N2. The first kappa shape index (κ1) is 13.3. The summed E-state index contributed by atoms with van der Waals surface area (Å²) in [5.74, 6) is 0.538. The Balaban J connectivity index is 2.18. The van der Waals surface area contributed by atoms with E-state index in [2.05, 4.69) is 31.3 Å². The molecule has 4 rings (SSSR count). The van der Waals surface area contributed by atoms with Gasteiger partial charge in [-0.3, -0.25) is 4.98 Å². The summed E-state index contributed by atoms with van der Waals surface area (Å²) in [5.41, 5.74) is 4.60. The summed E-state index contributed by atoms with van der Waals surface area (Å²) in [7, 11) is 0. The SMILES string of the molecule is CC1CCCCc2cnc3c(cc(C#N)c4ccccc43)c21. The largest absolute Gasteiger partial charge is 0.255 e. The molecule has 1 aliphatic rings. The molecule has 1 aromatic heterocycles. The Morgan fingerprint density at radius 2 is 1.95 bits per heavy atom. The van der Waals surface area contributed by atoms with Gasteiger partial charge in [0.25, 0.3) is 0 Å². The number of aromatic nitrogens is 1. The maximum atomic E-state index is 9.55. The first-order valence-electron chi connectivity index (χ1n) is 8.03. The second-order valence-electron chi connectivity index (χ2n) is 6.32. The smallest absolute Gasteiger partial charge is 0.0998 e. The third kappa shape index (κ3) is 1.89. The molecule has 0 amide bonds. The zero-order valence-corrected chi connectivity index (χ0v) is 12.8. The van der Waals surface area contributed by atoms with E-state index in [1.807, 2.05) is 18.2 Å². The summed E-state index contributed by atoms with van der Waals surface area (Å²) in [4.78, 5) is 4.76. The van der Waals surface area contributed by atoms with Crippen LogP contribution < -0.4 is 0 Å². The highest BCUT2D eigenvalue weighted by atomic mass is 14.7. The van der Waals surface area contributed by atoms with Gasteiger partial charge in [-0.1, -0.05) is 37.6 Å². The lowest BCUT2D eigenvalue weighted by molar-refractivity contribution is 0.637. The third-order valence-electron chi connectivity index (χ3n) is 4.95. The van der Waals surface area contributed by atoms with Gasteiger partial charge in [0.2, 0.25) is 0 Å². The Bertz CT molecular complexity index is 918. The molecule has 1 atom stereocenters. The van der Waals surface area contributed by atoms with Crippen LogP contribution >= 0.6 is 0 Å². The number of benzene rings is 2. The number of pyridine rings is 1. The topological polar surface area (TPSA) is 36.7 Å². The average molecular weight is 286 g/mol. The van der Waals surface area contributed by atoms with Gasteiger partial charge in [0.1, 0.15) is 0 Å². The van der Waals surface area contributed by atoms with Crippen molar-refractivity contribution in [2.75, 3.05) is 0 Å². The normalized spacial score (nSPS) is 17.9. The van der Waals surface area contributed by atoms with Crippen LogP contribution in [0.3, 0.4) is 0 Å². The number of aryl methyl sites for hydroxylation is 1. The summed E-state index contributed by atoms with van der Waals surface area (Å²) in [5, 5.41) is 12.8. The quantitative estimate of drug-likeness (QED) is 0.426. The lowest BCUT2D eigenvalue weighted by Gasteiger charge is -2.17. The molecule has 1 unspecified atom stereocenters. The molecule has 0 saturated carbocycles. The monoisotopic (exact) mass is 286 g/mol. The van der Waals surface area contributed by atoms with Crippen LogP contribution in [0.4, 0.5) is 0 Å². The molecule has 108 valence electrons. The molecule has 0 saturated heterocycles. The fourth-order valence-electron chi connectivity index (χ4n) is 3.87. The zero-order valence-electron chi connectivity index (χ0n) is 12.8. The number of nitriles is 1. The van der Waals surface area contributed by atoms with Crippen LogP contribution in [0.5, 0.6) is 0 Å². The van der Waals surface area contributed by atoms with Gasteiger partial charge in [0.15, 0.2) is 0 Å². The van der Waals surface area contributed by atoms with Crippen molar-refractivity contribution in [3.8, 4) is 6.07 Å². The first-order chi connectivity index (χ1) is 10.8. The summed E-state index contributed by atoms with van der Waals surface area (Å²) in [6.07, 6.45) is 6.91. The van der Waals surface area contributed by atoms with E-state index in [0.717, 1.165) is 28.3 Å². The lowest BCUT2D eigenvalue weighted by Crippen LogP contribution is -2.00. The molecule has 3 aromatic rings. The van der Waals surface area contributed by atoms with Crippen LogP contribution in [0.2, 0.25) is 0 Å². The van der Waals surface area contributed by atoms with E-state index in [1.54, 1.807) is 0 Å². The highest BCUT2D eigenvalue weighted by molar-refractivity contribution is 6.09. The minimum absolute atomic E-state index is 0.538. The maximum absolute atomic E-state index is 9.55. The Morgan fingerprint density at radius 1 is 1.14 bits per heavy atom. The standard InChI is InChI=1S/C20H18N2/c1-13-6-2-3-7-14-12-22-20-17-9-5-4-8-16(17)15(11-21)10-18(20)19(13)14/h4-5,8-10,12-13H,2-3,6-7H2,1H3. The number of fused-ring (bicyclic) bond motifs is 5. The van der Waals surface area contributed by atoms with Crippen molar-refractivity contribution in [2.24, 2.45) is 0 Å². The fraction of sp³-hybridized carbons (Fsp3) is 0.300. The van der Waals surface area contributed by atoms with Crippen molar-refractivity contribution < 1.29 is 0 Å². The number of hydrogen-bond donors (Lipinski definition) is 0. The predicted octanol–water partition coefficient (Wildman–Crippen LogP) is 5.09. The summed E-state index contributed by atoms with van der Waals surface area (Å²) in [6, 6.07) is 12.5. The summed E-state index contributed by atoms with van der Waals surface area (Å²) >= 11 is 0. The Morgan fingerprint density at radius 3 is 2.77 bits per heavy atom. The molecule has 0 aliphatic heterocycles. The van der Waals surface area contributed by atoms with Crippen LogP contribution in [0.15, 0.2) is 36.5 Å². The van der Waals surface area contributed by atoms with E-state index in [0.29, 0.717) is 5.92 Å². The van der Waals surface area contributed by atoms with E-state index in [1.165, 1.54) is 35.8 Å². The van der Waals surface area contributed by atoms with Crippen molar-refractivity contribution >= 4 is 21.7 Å². The highest BCUT2D eigenvalue weighted by Crippen LogP contribution is 2.37. The second kappa shape index (κ2) is 5.10. The van der Waals surface area contributed by atoms with E-state index in [4.69, 9.17) is 4.98 Å². The molecule has 0 N–H and O–H groups in total. The van der Waals surface area contributed by atoms with Crippen molar-refractivity contribution in [3.63, 3.8) is 0 Å². The van der Waals surface area contributed by atoms with Gasteiger partial charge >= 0.3 is 0 Å². The molecular weight excluding hydrogens is 268 g/mol. The minimum Gasteiger partial charge on any atom is -0.255 e. The molecule has 1 aliphatic carbocycles. The number of nitrogens with zero attached hydrogens (tertiary/aromatic N) is 2. The lowest BCUT2D eigenvalue weighted by atomic mass is 9.89. The Kier molecular flexibility index (Phi) is 3.08. The van der Waals surface area contributed by atoms with Crippen LogP contribution in [-0.2, 0) is 6.42 Å². The highest BCUT2D eigenvalue weighted by Gasteiger charge is 2.20. The van der Waals surface area contributed by atoms with Gasteiger partial charge < -0.3 is 0 Å². The van der Waals surface area contributed by atoms with Gasteiger partial charge in [-0.05, 0) is 42.4 Å². The van der Waals surface area contributed by atoms with Gasteiger partial charge in [-0.2, -0.15) is 5.26 Å². The third-order valence-corrected chi connectivity index (χ3v) is 4.95. The van der Waals surface area contributed by atoms with E-state index >= 15 is 0 Å². The van der Waals surface area contributed by atoms with Crippen molar-refractivity contribution in [1.82, 2.24) is 4.98 Å². The summed E-state index contributed by atoms with van der Waals surface area (Å²) < 4.78 is 0. The summed E-state index contributed by atoms with van der Waals surface area (Å²) in [6.45, 7) is 2.31. The molecule has 0 spiro atoms. The minimum atomic E-state index is 0.538. The maximum Gasteiger partial charge on any atom is 0.0998 e. The number of rotatable bonds is 0. The zero-order chi connectivity index (χ0) is 15.1. The Labute approximate surface area is 130 Å². The Hall–Kier alpha value is -2.40. The van der Waals surface area contributed by atoms with Crippen molar-refractivity contribution in [2.45, 2.75) is 38.5 Å². The second-order valence-corrected chi connectivity index (χ2v) is 6.32. The van der Waals surface area contributed by atoms with Crippen LogP contribution in [0.1, 0.15) is 48.8 Å². The van der Waals surface area contributed by atoms with E-state index in [9.17, 15) is 5.26 Å². The van der Waals surface area contributed by atoms with Crippen LogP contribution in [0, 0.1) is 11.3 Å². The predicted molar refractivity (Wildman–Crippen MR) is 89.9 cm³/mol. The van der Waals surface area contributed by atoms with E-state index in [-0.39, 0.29) is 0 Å². The van der Waals surface area contributed by atoms with Gasteiger partial charge in [-0.25, -0.2) is 0 Å². The van der Waals surface area contributed by atoms with Crippen molar-refractivity contribution in [1.29, 1.82) is 5.26 Å². The first-order valence-corrected chi connectivity index (χ1v) is 8.03. The van der Waals surface area contributed by atoms with Gasteiger partial charge in [-0.15, -0.1) is 0 Å². The van der Waals surface area contributed by atoms with Gasteiger partial charge in [0, 0.05) is 22.4 Å². The van der Waals surface area contributed by atoms with Crippen LogP contribution in [0.25, 0.3) is 21.7 Å². The van der Waals surface area contributed by atoms with Crippen LogP contribution in [-0.4, -0.2) is 4.98 Å². The molecule has 0 bridgehead atoms. The molecule has 0 radical (unpaired) electrons.